The highest BCUT2D eigenvalue weighted by molar-refractivity contribution is 7.92. The zero-order chi connectivity index (χ0) is 21.3. The smallest absolute Gasteiger partial charge is 0.275 e. The summed E-state index contributed by atoms with van der Waals surface area (Å²) in [5.41, 5.74) is 0.828. The second-order valence-electron chi connectivity index (χ2n) is 7.16. The van der Waals surface area contributed by atoms with Crippen molar-refractivity contribution in [3.8, 4) is 0 Å². The molecule has 0 aromatic heterocycles. The van der Waals surface area contributed by atoms with Crippen LogP contribution in [0.5, 0.6) is 0 Å². The summed E-state index contributed by atoms with van der Waals surface area (Å²) < 4.78 is 26.4. The lowest BCUT2D eigenvalue weighted by atomic mass is 10.2. The SMILES string of the molecule is CCCNC(=O)[C@@H](C)NC(=O)C[NH+]1CCN(S(=O)(=O)/C=C/c2ccccc2)CC1. The van der Waals surface area contributed by atoms with Gasteiger partial charge in [-0.1, -0.05) is 37.3 Å². The molecule has 1 saturated heterocycles. The average molecular weight is 424 g/mol. The van der Waals surface area contributed by atoms with Gasteiger partial charge in [0, 0.05) is 12.0 Å². The van der Waals surface area contributed by atoms with Gasteiger partial charge in [-0.05, 0) is 25.0 Å². The van der Waals surface area contributed by atoms with E-state index in [0.29, 0.717) is 32.7 Å². The first-order valence-electron chi connectivity index (χ1n) is 9.95. The molecular formula is C20H31N4O4S+. The van der Waals surface area contributed by atoms with Gasteiger partial charge >= 0.3 is 0 Å². The molecule has 1 heterocycles. The molecule has 1 aliphatic rings. The van der Waals surface area contributed by atoms with E-state index in [1.807, 2.05) is 37.3 Å². The molecule has 1 aliphatic heterocycles. The van der Waals surface area contributed by atoms with Crippen molar-refractivity contribution in [2.75, 3.05) is 39.3 Å². The molecule has 0 unspecified atom stereocenters. The summed E-state index contributed by atoms with van der Waals surface area (Å²) in [4.78, 5) is 25.0. The molecule has 9 heteroatoms. The number of amides is 2. The number of sulfonamides is 1. The van der Waals surface area contributed by atoms with E-state index in [1.54, 1.807) is 13.0 Å². The molecule has 0 spiro atoms. The molecule has 0 bridgehead atoms. The number of quaternary nitrogens is 1. The maximum absolute atomic E-state index is 12.5. The number of nitrogens with one attached hydrogen (secondary N) is 3. The minimum atomic E-state index is -3.49. The first kappa shape index (κ1) is 23.1. The Kier molecular flexibility index (Phi) is 8.81. The van der Waals surface area contributed by atoms with E-state index in [1.165, 1.54) is 9.71 Å². The summed E-state index contributed by atoms with van der Waals surface area (Å²) in [6.07, 6.45) is 2.43. The highest BCUT2D eigenvalue weighted by Crippen LogP contribution is 2.08. The van der Waals surface area contributed by atoms with Crippen molar-refractivity contribution in [3.63, 3.8) is 0 Å². The third-order valence-electron chi connectivity index (χ3n) is 4.75. The summed E-state index contributed by atoms with van der Waals surface area (Å²) in [6.45, 7) is 6.22. The van der Waals surface area contributed by atoms with Gasteiger partial charge in [0.25, 0.3) is 5.91 Å². The number of nitrogens with zero attached hydrogens (tertiary/aromatic N) is 1. The second-order valence-corrected chi connectivity index (χ2v) is 8.98. The fourth-order valence-electron chi connectivity index (χ4n) is 3.03. The van der Waals surface area contributed by atoms with Crippen molar-refractivity contribution in [2.45, 2.75) is 26.3 Å². The van der Waals surface area contributed by atoms with Crippen LogP contribution in [0, 0.1) is 0 Å². The van der Waals surface area contributed by atoms with Crippen molar-refractivity contribution in [1.29, 1.82) is 0 Å². The number of rotatable bonds is 9. The molecule has 0 aliphatic carbocycles. The van der Waals surface area contributed by atoms with Gasteiger partial charge in [-0.15, -0.1) is 0 Å². The minimum Gasteiger partial charge on any atom is -0.354 e. The Morgan fingerprint density at radius 3 is 2.48 bits per heavy atom. The highest BCUT2D eigenvalue weighted by Gasteiger charge is 2.29. The Morgan fingerprint density at radius 2 is 1.86 bits per heavy atom. The molecule has 8 nitrogen and oxygen atoms in total. The molecule has 160 valence electrons. The third kappa shape index (κ3) is 7.60. The van der Waals surface area contributed by atoms with E-state index in [0.717, 1.165) is 16.9 Å². The number of carbonyl (C=O) groups is 2. The standard InChI is InChI=1S/C20H30N4O4S/c1-3-10-21-20(26)17(2)22-19(25)16-23-11-13-24(14-12-23)29(27,28)15-9-18-7-5-4-6-8-18/h4-9,15,17H,3,10-14,16H2,1-2H3,(H,21,26)(H,22,25)/p+1/b15-9+/t17-/m1/s1. The summed E-state index contributed by atoms with van der Waals surface area (Å²) in [5, 5.41) is 6.68. The van der Waals surface area contributed by atoms with Gasteiger partial charge < -0.3 is 15.5 Å². The molecular weight excluding hydrogens is 392 g/mol. The lowest BCUT2D eigenvalue weighted by Crippen LogP contribution is -3.15. The first-order chi connectivity index (χ1) is 13.8. The van der Waals surface area contributed by atoms with E-state index < -0.39 is 16.1 Å². The Labute approximate surface area is 173 Å². The number of hydrogen-bond acceptors (Lipinski definition) is 4. The van der Waals surface area contributed by atoms with E-state index in [2.05, 4.69) is 10.6 Å². The lowest BCUT2D eigenvalue weighted by Gasteiger charge is -2.30. The van der Waals surface area contributed by atoms with Crippen molar-refractivity contribution >= 4 is 27.9 Å². The van der Waals surface area contributed by atoms with Gasteiger partial charge in [0.05, 0.1) is 26.2 Å². The summed E-state index contributed by atoms with van der Waals surface area (Å²) >= 11 is 0. The normalized spacial score (nSPS) is 17.2. The van der Waals surface area contributed by atoms with Crippen LogP contribution in [0.1, 0.15) is 25.8 Å². The quantitative estimate of drug-likeness (QED) is 0.485. The Morgan fingerprint density at radius 1 is 1.21 bits per heavy atom. The largest absolute Gasteiger partial charge is 0.354 e. The minimum absolute atomic E-state index is 0.198. The molecule has 2 rings (SSSR count). The van der Waals surface area contributed by atoms with Gasteiger partial charge in [-0.25, -0.2) is 8.42 Å². The van der Waals surface area contributed by atoms with Crippen LogP contribution in [0.2, 0.25) is 0 Å². The van der Waals surface area contributed by atoms with Crippen molar-refractivity contribution < 1.29 is 22.9 Å². The van der Waals surface area contributed by atoms with E-state index in [9.17, 15) is 18.0 Å². The molecule has 1 atom stereocenters. The maximum Gasteiger partial charge on any atom is 0.275 e. The van der Waals surface area contributed by atoms with Crippen molar-refractivity contribution in [1.82, 2.24) is 14.9 Å². The van der Waals surface area contributed by atoms with Crippen LogP contribution in [0.15, 0.2) is 35.7 Å². The number of hydrogen-bond donors (Lipinski definition) is 3. The number of benzene rings is 1. The summed E-state index contributed by atoms with van der Waals surface area (Å²) in [6, 6.07) is 8.69. The maximum atomic E-state index is 12.5. The lowest BCUT2D eigenvalue weighted by molar-refractivity contribution is -0.895. The Balaban J connectivity index is 1.78. The fourth-order valence-corrected chi connectivity index (χ4v) is 4.23. The molecule has 29 heavy (non-hydrogen) atoms. The zero-order valence-electron chi connectivity index (χ0n) is 17.1. The Bertz CT molecular complexity index is 803. The van der Waals surface area contributed by atoms with Crippen molar-refractivity contribution in [3.05, 3.63) is 41.3 Å². The van der Waals surface area contributed by atoms with Crippen molar-refractivity contribution in [2.24, 2.45) is 0 Å². The predicted octanol–water partition coefficient (Wildman–Crippen LogP) is -0.781. The third-order valence-corrected chi connectivity index (χ3v) is 6.32. The van der Waals surface area contributed by atoms with Crippen LogP contribution < -0.4 is 15.5 Å². The van der Waals surface area contributed by atoms with Crippen LogP contribution in [0.3, 0.4) is 0 Å². The molecule has 2 amide bonds. The van der Waals surface area contributed by atoms with Crippen LogP contribution in [-0.2, 0) is 19.6 Å². The number of piperazine rings is 1. The molecule has 1 aromatic carbocycles. The fraction of sp³-hybridized carbons (Fsp3) is 0.500. The van der Waals surface area contributed by atoms with Gasteiger partial charge in [0.2, 0.25) is 15.9 Å². The predicted molar refractivity (Wildman–Crippen MR) is 112 cm³/mol. The summed E-state index contributed by atoms with van der Waals surface area (Å²) in [7, 11) is -3.49. The van der Waals surface area contributed by atoms with Crippen LogP contribution in [-0.4, -0.2) is 69.8 Å². The average Bonchev–Trinajstić information content (AvgIpc) is 2.71. The molecule has 0 saturated carbocycles. The van der Waals surface area contributed by atoms with E-state index >= 15 is 0 Å². The second kappa shape index (κ2) is 11.1. The van der Waals surface area contributed by atoms with Gasteiger partial charge in [0.15, 0.2) is 6.54 Å². The van der Waals surface area contributed by atoms with E-state index in [-0.39, 0.29) is 18.4 Å². The van der Waals surface area contributed by atoms with Crippen LogP contribution in [0.25, 0.3) is 6.08 Å². The van der Waals surface area contributed by atoms with Gasteiger partial charge in [0.1, 0.15) is 6.04 Å². The highest BCUT2D eigenvalue weighted by atomic mass is 32.2. The summed E-state index contributed by atoms with van der Waals surface area (Å²) in [5.74, 6) is -0.407. The topological polar surface area (TPSA) is 100 Å². The number of carbonyl (C=O) groups excluding carboxylic acids is 2. The molecule has 1 fully saturated rings. The molecule has 3 N–H and O–H groups in total. The van der Waals surface area contributed by atoms with Gasteiger partial charge in [-0.2, -0.15) is 4.31 Å². The van der Waals surface area contributed by atoms with Crippen LogP contribution in [0.4, 0.5) is 0 Å². The monoisotopic (exact) mass is 423 g/mol. The van der Waals surface area contributed by atoms with E-state index in [4.69, 9.17) is 0 Å². The molecule has 0 radical (unpaired) electrons. The Hall–Kier alpha value is -2.23. The molecule has 1 aromatic rings. The van der Waals surface area contributed by atoms with Gasteiger partial charge in [-0.3, -0.25) is 9.59 Å². The zero-order valence-corrected chi connectivity index (χ0v) is 17.9. The first-order valence-corrected chi connectivity index (χ1v) is 11.5. The van der Waals surface area contributed by atoms with Crippen LogP contribution >= 0.6 is 0 Å².